The second-order valence-electron chi connectivity index (χ2n) is 27.0. The minimum absolute atomic E-state index is 0.579. The topological polar surface area (TPSA) is 97.1 Å². The van der Waals surface area contributed by atoms with E-state index in [9.17, 15) is 0 Å². The fraction of sp³-hybridized carbons (Fsp3) is 0. The van der Waals surface area contributed by atoms with E-state index in [1.807, 2.05) is 0 Å². The van der Waals surface area contributed by atoms with Crippen LogP contribution in [0, 0.1) is 0 Å². The Morgan fingerprint density at radius 3 is 0.528 bits per heavy atom. The van der Waals surface area contributed by atoms with Gasteiger partial charge in [-0.2, -0.15) is 0 Å². The Hall–Kier alpha value is -14.5. The first kappa shape index (κ1) is 60.3. The first-order valence-electron chi connectivity index (χ1n) is 35.7. The summed E-state index contributed by atoms with van der Waals surface area (Å²) in [4.78, 5) is 31.6. The summed E-state index contributed by atoms with van der Waals surface area (Å²) in [6, 6.07) is 129. The Morgan fingerprint density at radius 1 is 0.132 bits per heavy atom. The van der Waals surface area contributed by atoms with Gasteiger partial charge < -0.3 is 18.3 Å². The molecule has 6 aromatic heterocycles. The van der Waals surface area contributed by atoms with Crippen molar-refractivity contribution < 1.29 is 0 Å². The van der Waals surface area contributed by atoms with Crippen LogP contribution in [0.3, 0.4) is 0 Å². The van der Waals surface area contributed by atoms with Crippen molar-refractivity contribution in [3.05, 3.63) is 364 Å². The third-order valence-corrected chi connectivity index (χ3v) is 20.9. The third-order valence-electron chi connectivity index (χ3n) is 20.9. The fourth-order valence-corrected chi connectivity index (χ4v) is 15.9. The van der Waals surface area contributed by atoms with Crippen LogP contribution < -0.4 is 0 Å². The molecule has 0 saturated carbocycles. The molecule has 0 aliphatic carbocycles. The molecule has 0 saturated heterocycles. The van der Waals surface area contributed by atoms with Gasteiger partial charge in [0.15, 0.2) is 34.9 Å². The van der Waals surface area contributed by atoms with E-state index in [4.69, 9.17) is 29.9 Å². The maximum atomic E-state index is 5.29. The molecule has 0 aliphatic heterocycles. The van der Waals surface area contributed by atoms with Crippen LogP contribution in [0.1, 0.15) is 0 Å². The number of hydrogen-bond donors (Lipinski definition) is 0. The van der Waals surface area contributed by atoms with Gasteiger partial charge in [-0.15, -0.1) is 0 Å². The molecule has 0 spiro atoms. The summed E-state index contributed by atoms with van der Waals surface area (Å²) >= 11 is 0. The van der Waals surface area contributed by atoms with Gasteiger partial charge in [-0.1, -0.05) is 212 Å². The maximum Gasteiger partial charge on any atom is 0.164 e. The minimum atomic E-state index is 0.579. The summed E-state index contributed by atoms with van der Waals surface area (Å²) in [5.41, 5.74) is 23.0. The van der Waals surface area contributed by atoms with Gasteiger partial charge in [0.05, 0.1) is 44.1 Å². The van der Waals surface area contributed by atoms with Gasteiger partial charge in [-0.05, 0) is 174 Å². The van der Waals surface area contributed by atoms with E-state index >= 15 is 0 Å². The van der Waals surface area contributed by atoms with Gasteiger partial charge in [0, 0.05) is 99.2 Å². The van der Waals surface area contributed by atoms with Gasteiger partial charge in [-0.3, -0.25) is 0 Å². The Balaban J connectivity index is 0.606. The number of fused-ring (bicyclic) bond motifs is 12. The highest BCUT2D eigenvalue weighted by Crippen LogP contribution is 2.40. The molecule has 0 bridgehead atoms. The minimum Gasteiger partial charge on any atom is -0.309 e. The number of rotatable bonds is 12. The summed E-state index contributed by atoms with van der Waals surface area (Å²) in [5.74, 6) is 3.50. The Labute approximate surface area is 609 Å². The molecule has 0 fully saturated rings. The molecule has 21 rings (SSSR count). The molecule has 10 nitrogen and oxygen atoms in total. The molecule has 0 aliphatic rings. The standard InChI is InChI=1S/C96H60N10/c1-9-28-83-75(20-1)76-21-2-10-29-84(76)103(83)71-52-44-65(45-53-71)92-97-91(98-93(99-92)66-46-54-72(55-47-66)104-85-30-11-3-22-77(85)78-23-4-12-31-86(78)104)64-42-40-62(41-43-64)61-36-38-63(39-37-61)69-18-17-19-70(60-69)96-101-94(67-48-56-73(57-49-67)105-87-32-13-5-24-79(87)80-25-6-14-33-88(80)105)100-95(102-96)68-50-58-74(59-51-68)106-89-34-15-7-26-81(89)82-27-8-16-35-90(82)106/h1-60H. The number of para-hydroxylation sites is 8. The lowest BCUT2D eigenvalue weighted by Gasteiger charge is -2.12. The highest BCUT2D eigenvalue weighted by Gasteiger charge is 2.21. The summed E-state index contributed by atoms with van der Waals surface area (Å²) in [6.45, 7) is 0. The number of aromatic nitrogens is 10. The van der Waals surface area contributed by atoms with Gasteiger partial charge in [-0.25, -0.2) is 29.9 Å². The van der Waals surface area contributed by atoms with E-state index in [2.05, 4.69) is 382 Å². The van der Waals surface area contributed by atoms with E-state index < -0.39 is 0 Å². The SMILES string of the molecule is c1cc(-c2ccc(-c3ccc(-c4nc(-c5ccc(-n6c7ccccc7c7ccccc76)cc5)nc(-c5ccc(-n6c7ccccc7c7ccccc76)cc5)n4)cc3)cc2)cc(-c2nc(-c3ccc(-n4c5ccccc5c5ccccc54)cc3)nc(-c3ccc(-n4c5ccccc5c5ccccc54)cc3)n2)c1. The first-order chi connectivity index (χ1) is 52.5. The molecule has 21 aromatic rings. The molecule has 0 atom stereocenters. The highest BCUT2D eigenvalue weighted by atomic mass is 15.1. The zero-order chi connectivity index (χ0) is 69.8. The maximum absolute atomic E-state index is 5.29. The molecule has 0 radical (unpaired) electrons. The largest absolute Gasteiger partial charge is 0.309 e. The Bertz CT molecular complexity index is 6460. The summed E-state index contributed by atoms with van der Waals surface area (Å²) < 4.78 is 9.32. The normalized spacial score (nSPS) is 11.8. The van der Waals surface area contributed by atoms with Crippen LogP contribution in [0.15, 0.2) is 364 Å². The molecule has 15 aromatic carbocycles. The number of nitrogens with zero attached hydrogens (tertiary/aromatic N) is 10. The molecular weight excluding hydrogens is 1290 g/mol. The van der Waals surface area contributed by atoms with E-state index in [1.54, 1.807) is 0 Å². The molecule has 494 valence electrons. The van der Waals surface area contributed by atoms with Crippen molar-refractivity contribution >= 4 is 87.2 Å². The van der Waals surface area contributed by atoms with Crippen LogP contribution in [-0.2, 0) is 0 Å². The highest BCUT2D eigenvalue weighted by molar-refractivity contribution is 6.12. The van der Waals surface area contributed by atoms with Crippen LogP contribution in [0.2, 0.25) is 0 Å². The third kappa shape index (κ3) is 10.1. The lowest BCUT2D eigenvalue weighted by Crippen LogP contribution is -2.01. The first-order valence-corrected chi connectivity index (χ1v) is 35.7. The van der Waals surface area contributed by atoms with Gasteiger partial charge in [0.25, 0.3) is 0 Å². The molecule has 106 heavy (non-hydrogen) atoms. The summed E-state index contributed by atoms with van der Waals surface area (Å²) in [6.07, 6.45) is 0. The quantitative estimate of drug-likeness (QED) is 0.121. The zero-order valence-corrected chi connectivity index (χ0v) is 57.1. The Morgan fingerprint density at radius 2 is 0.302 bits per heavy atom. The lowest BCUT2D eigenvalue weighted by molar-refractivity contribution is 1.07. The molecule has 10 heteroatoms. The number of benzene rings is 15. The van der Waals surface area contributed by atoms with Crippen molar-refractivity contribution in [2.75, 3.05) is 0 Å². The second kappa shape index (κ2) is 24.7. The van der Waals surface area contributed by atoms with Gasteiger partial charge in [0.2, 0.25) is 0 Å². The van der Waals surface area contributed by atoms with E-state index in [1.165, 1.54) is 43.1 Å². The van der Waals surface area contributed by atoms with Crippen molar-refractivity contribution in [1.29, 1.82) is 0 Å². The van der Waals surface area contributed by atoms with E-state index in [0.29, 0.717) is 34.9 Å². The predicted molar refractivity (Wildman–Crippen MR) is 434 cm³/mol. The van der Waals surface area contributed by atoms with E-state index in [0.717, 1.165) is 123 Å². The van der Waals surface area contributed by atoms with Crippen LogP contribution in [-0.4, -0.2) is 48.2 Å². The van der Waals surface area contributed by atoms with E-state index in [-0.39, 0.29) is 0 Å². The van der Waals surface area contributed by atoms with Crippen LogP contribution >= 0.6 is 0 Å². The lowest BCUT2D eigenvalue weighted by atomic mass is 9.98. The summed E-state index contributed by atoms with van der Waals surface area (Å²) in [5, 5.41) is 9.74. The van der Waals surface area contributed by atoms with Gasteiger partial charge in [0.1, 0.15) is 0 Å². The smallest absolute Gasteiger partial charge is 0.164 e. The van der Waals surface area contributed by atoms with Crippen molar-refractivity contribution in [1.82, 2.24) is 48.2 Å². The summed E-state index contributed by atoms with van der Waals surface area (Å²) in [7, 11) is 0. The average Bonchev–Trinajstić information content (AvgIpc) is 1.57. The van der Waals surface area contributed by atoms with Crippen molar-refractivity contribution in [2.24, 2.45) is 0 Å². The van der Waals surface area contributed by atoms with Crippen LogP contribution in [0.25, 0.3) is 201 Å². The van der Waals surface area contributed by atoms with Crippen molar-refractivity contribution in [2.45, 2.75) is 0 Å². The molecule has 0 amide bonds. The second-order valence-corrected chi connectivity index (χ2v) is 27.0. The van der Waals surface area contributed by atoms with Crippen LogP contribution in [0.5, 0.6) is 0 Å². The molecular formula is C96H60N10. The van der Waals surface area contributed by atoms with Crippen molar-refractivity contribution in [3.8, 4) is 113 Å². The molecule has 0 unspecified atom stereocenters. The fourth-order valence-electron chi connectivity index (χ4n) is 15.9. The monoisotopic (exact) mass is 1350 g/mol. The molecule has 0 N–H and O–H groups in total. The number of hydrogen-bond acceptors (Lipinski definition) is 6. The average molecular weight is 1350 g/mol. The molecule has 6 heterocycles. The van der Waals surface area contributed by atoms with Gasteiger partial charge >= 0.3 is 0 Å². The zero-order valence-electron chi connectivity index (χ0n) is 57.1. The van der Waals surface area contributed by atoms with Crippen molar-refractivity contribution in [3.63, 3.8) is 0 Å². The predicted octanol–water partition coefficient (Wildman–Crippen LogP) is 23.8. The van der Waals surface area contributed by atoms with Crippen LogP contribution in [0.4, 0.5) is 0 Å². The Kier molecular flexibility index (Phi) is 14.0.